The van der Waals surface area contributed by atoms with Crippen LogP contribution < -0.4 is 22.3 Å². The topological polar surface area (TPSA) is 102 Å². The Balaban J connectivity index is 2.30. The van der Waals surface area contributed by atoms with Crippen molar-refractivity contribution in [1.29, 1.82) is 0 Å². The van der Waals surface area contributed by atoms with Crippen molar-refractivity contribution in [2.45, 2.75) is 0 Å². The van der Waals surface area contributed by atoms with E-state index in [0.717, 1.165) is 0 Å². The molecule has 94 valence electrons. The number of halogens is 2. The van der Waals surface area contributed by atoms with Crippen LogP contribution >= 0.6 is 15.9 Å². The quantitative estimate of drug-likeness (QED) is 0.510. The summed E-state index contributed by atoms with van der Waals surface area (Å²) in [6.45, 7) is 0. The van der Waals surface area contributed by atoms with Crippen molar-refractivity contribution in [2.75, 3.05) is 16.5 Å². The van der Waals surface area contributed by atoms with Crippen molar-refractivity contribution < 1.29 is 4.39 Å². The Kier molecular flexibility index (Phi) is 3.58. The van der Waals surface area contributed by atoms with Gasteiger partial charge in [0.05, 0.1) is 5.69 Å². The number of aromatic nitrogens is 2. The fraction of sp³-hybridized carbons (Fsp3) is 0. The zero-order valence-corrected chi connectivity index (χ0v) is 10.7. The molecule has 0 aliphatic heterocycles. The molecule has 0 fully saturated rings. The second-order valence-electron chi connectivity index (χ2n) is 3.39. The summed E-state index contributed by atoms with van der Waals surface area (Å²) in [6.07, 6.45) is 0. The molecule has 2 rings (SSSR count). The Hall–Kier alpha value is -1.93. The van der Waals surface area contributed by atoms with Crippen LogP contribution in [0.25, 0.3) is 0 Å². The Bertz CT molecular complexity index is 576. The van der Waals surface area contributed by atoms with Gasteiger partial charge in [-0.1, -0.05) is 15.9 Å². The minimum atomic E-state index is -0.413. The SMILES string of the molecule is NNc1cc(Nc2ccc(Br)cc2F)nc(N)n1. The fourth-order valence-corrected chi connectivity index (χ4v) is 1.67. The summed E-state index contributed by atoms with van der Waals surface area (Å²) in [5.74, 6) is 5.53. The molecular weight excluding hydrogens is 303 g/mol. The van der Waals surface area contributed by atoms with E-state index in [1.54, 1.807) is 12.1 Å². The summed E-state index contributed by atoms with van der Waals surface area (Å²) in [5.41, 5.74) is 8.11. The lowest BCUT2D eigenvalue weighted by atomic mass is 10.3. The maximum absolute atomic E-state index is 13.6. The Morgan fingerprint density at radius 2 is 1.89 bits per heavy atom. The summed E-state index contributed by atoms with van der Waals surface area (Å²) in [7, 11) is 0. The van der Waals surface area contributed by atoms with Crippen LogP contribution in [0, 0.1) is 5.82 Å². The number of hydrogen-bond acceptors (Lipinski definition) is 6. The molecule has 0 radical (unpaired) electrons. The minimum Gasteiger partial charge on any atom is -0.368 e. The van der Waals surface area contributed by atoms with Gasteiger partial charge in [0.2, 0.25) is 5.95 Å². The first-order chi connectivity index (χ1) is 8.58. The number of hydrogen-bond donors (Lipinski definition) is 4. The van der Waals surface area contributed by atoms with Crippen LogP contribution in [0.2, 0.25) is 0 Å². The van der Waals surface area contributed by atoms with Gasteiger partial charge in [-0.25, -0.2) is 10.2 Å². The first-order valence-electron chi connectivity index (χ1n) is 4.92. The lowest BCUT2D eigenvalue weighted by molar-refractivity contribution is 0.631. The predicted octanol–water partition coefficient (Wildman–Crippen LogP) is 1.99. The van der Waals surface area contributed by atoms with Gasteiger partial charge < -0.3 is 16.5 Å². The van der Waals surface area contributed by atoms with Crippen LogP contribution in [0.4, 0.5) is 27.7 Å². The molecule has 18 heavy (non-hydrogen) atoms. The first-order valence-corrected chi connectivity index (χ1v) is 5.71. The van der Waals surface area contributed by atoms with Crippen LogP contribution in [-0.2, 0) is 0 Å². The van der Waals surface area contributed by atoms with Crippen LogP contribution in [0.3, 0.4) is 0 Å². The number of nitrogens with one attached hydrogen (secondary N) is 2. The molecule has 8 heteroatoms. The van der Waals surface area contributed by atoms with Crippen molar-refractivity contribution >= 4 is 39.2 Å². The van der Waals surface area contributed by atoms with Gasteiger partial charge >= 0.3 is 0 Å². The van der Waals surface area contributed by atoms with Gasteiger partial charge in [-0.3, -0.25) is 0 Å². The smallest absolute Gasteiger partial charge is 0.223 e. The molecule has 6 nitrogen and oxygen atoms in total. The molecule has 6 N–H and O–H groups in total. The molecule has 0 bridgehead atoms. The summed E-state index contributed by atoms with van der Waals surface area (Å²) in [6, 6.07) is 6.14. The highest BCUT2D eigenvalue weighted by Crippen LogP contribution is 2.23. The van der Waals surface area contributed by atoms with E-state index in [1.165, 1.54) is 12.1 Å². The highest BCUT2D eigenvalue weighted by atomic mass is 79.9. The molecule has 0 atom stereocenters. The number of nitrogens with two attached hydrogens (primary N) is 2. The average Bonchev–Trinajstić information content (AvgIpc) is 2.32. The summed E-state index contributed by atoms with van der Waals surface area (Å²) in [5, 5.41) is 2.79. The molecule has 0 saturated heterocycles. The van der Waals surface area contributed by atoms with E-state index >= 15 is 0 Å². The van der Waals surface area contributed by atoms with E-state index < -0.39 is 5.82 Å². The Labute approximate surface area is 111 Å². The Morgan fingerprint density at radius 3 is 2.56 bits per heavy atom. The van der Waals surface area contributed by atoms with E-state index in [-0.39, 0.29) is 11.6 Å². The monoisotopic (exact) mass is 312 g/mol. The highest BCUT2D eigenvalue weighted by Gasteiger charge is 2.06. The number of anilines is 4. The molecule has 0 aliphatic carbocycles. The summed E-state index contributed by atoms with van der Waals surface area (Å²) < 4.78 is 14.3. The second-order valence-corrected chi connectivity index (χ2v) is 4.31. The summed E-state index contributed by atoms with van der Waals surface area (Å²) in [4.78, 5) is 7.74. The molecule has 0 saturated carbocycles. The molecule has 0 amide bonds. The molecule has 2 aromatic rings. The molecular formula is C10H10BrFN6. The molecule has 1 heterocycles. The maximum Gasteiger partial charge on any atom is 0.223 e. The Morgan fingerprint density at radius 1 is 1.17 bits per heavy atom. The maximum atomic E-state index is 13.6. The third-order valence-corrected chi connectivity index (χ3v) is 2.58. The standard InChI is InChI=1S/C10H10BrFN6/c11-5-1-2-7(6(12)3-5)15-8-4-9(18-14)17-10(13)16-8/h1-4H,14H2,(H4,13,15,16,17,18). The molecule has 0 spiro atoms. The normalized spacial score (nSPS) is 10.2. The predicted molar refractivity (Wildman–Crippen MR) is 71.6 cm³/mol. The molecule has 0 aliphatic rings. The lowest BCUT2D eigenvalue weighted by Crippen LogP contribution is -2.11. The van der Waals surface area contributed by atoms with Gasteiger partial charge in [0, 0.05) is 10.5 Å². The number of nitrogens with zero attached hydrogens (tertiary/aromatic N) is 2. The fourth-order valence-electron chi connectivity index (χ4n) is 1.33. The van der Waals surface area contributed by atoms with Crippen molar-refractivity contribution in [1.82, 2.24) is 9.97 Å². The third-order valence-electron chi connectivity index (χ3n) is 2.09. The first kappa shape index (κ1) is 12.5. The van der Waals surface area contributed by atoms with E-state index in [0.29, 0.717) is 16.1 Å². The van der Waals surface area contributed by atoms with E-state index in [1.807, 2.05) is 0 Å². The zero-order chi connectivity index (χ0) is 13.1. The van der Waals surface area contributed by atoms with Crippen LogP contribution in [0.5, 0.6) is 0 Å². The van der Waals surface area contributed by atoms with Gasteiger partial charge in [-0.15, -0.1) is 0 Å². The largest absolute Gasteiger partial charge is 0.368 e. The highest BCUT2D eigenvalue weighted by molar-refractivity contribution is 9.10. The molecule has 0 unspecified atom stereocenters. The van der Waals surface area contributed by atoms with E-state index in [9.17, 15) is 4.39 Å². The molecule has 1 aromatic heterocycles. The number of hydrazine groups is 1. The lowest BCUT2D eigenvalue weighted by Gasteiger charge is -2.09. The van der Waals surface area contributed by atoms with Crippen LogP contribution in [0.15, 0.2) is 28.7 Å². The van der Waals surface area contributed by atoms with Gasteiger partial charge in [0.25, 0.3) is 0 Å². The van der Waals surface area contributed by atoms with E-state index in [4.69, 9.17) is 11.6 Å². The zero-order valence-electron chi connectivity index (χ0n) is 9.11. The van der Waals surface area contributed by atoms with Crippen LogP contribution in [-0.4, -0.2) is 9.97 Å². The van der Waals surface area contributed by atoms with Gasteiger partial charge in [0.15, 0.2) is 0 Å². The van der Waals surface area contributed by atoms with Gasteiger partial charge in [0.1, 0.15) is 17.5 Å². The van der Waals surface area contributed by atoms with Crippen molar-refractivity contribution in [3.63, 3.8) is 0 Å². The van der Waals surface area contributed by atoms with Crippen molar-refractivity contribution in [2.24, 2.45) is 5.84 Å². The second kappa shape index (κ2) is 5.15. The summed E-state index contributed by atoms with van der Waals surface area (Å²) >= 11 is 3.18. The van der Waals surface area contributed by atoms with Crippen LogP contribution in [0.1, 0.15) is 0 Å². The van der Waals surface area contributed by atoms with Crippen molar-refractivity contribution in [3.8, 4) is 0 Å². The number of benzene rings is 1. The van der Waals surface area contributed by atoms with Gasteiger partial charge in [-0.2, -0.15) is 9.97 Å². The number of nitrogen functional groups attached to an aromatic ring is 2. The average molecular weight is 313 g/mol. The van der Waals surface area contributed by atoms with Gasteiger partial charge in [-0.05, 0) is 18.2 Å². The van der Waals surface area contributed by atoms with Crippen molar-refractivity contribution in [3.05, 3.63) is 34.6 Å². The third kappa shape index (κ3) is 2.84. The molecule has 1 aromatic carbocycles. The number of rotatable bonds is 3. The minimum absolute atomic E-state index is 0.0328. The van der Waals surface area contributed by atoms with E-state index in [2.05, 4.69) is 36.6 Å².